The highest BCUT2D eigenvalue weighted by Crippen LogP contribution is 2.14. The molecule has 5 nitrogen and oxygen atoms in total. The third kappa shape index (κ3) is 4.62. The second-order valence-electron chi connectivity index (χ2n) is 4.80. The molecule has 0 fully saturated rings. The minimum absolute atomic E-state index is 0.0882. The van der Waals surface area contributed by atoms with Gasteiger partial charge in [-0.3, -0.25) is 0 Å². The van der Waals surface area contributed by atoms with Crippen LogP contribution in [0.4, 0.5) is 5.69 Å². The molecular formula is C12H20N2O3S. The summed E-state index contributed by atoms with van der Waals surface area (Å²) >= 11 is 0. The van der Waals surface area contributed by atoms with E-state index in [2.05, 4.69) is 10.3 Å². The summed E-state index contributed by atoms with van der Waals surface area (Å²) in [5.41, 5.74) is 0.627. The molecule has 0 radical (unpaired) electrons. The fourth-order valence-corrected chi connectivity index (χ4v) is 1.87. The molecule has 0 aromatic carbocycles. The van der Waals surface area contributed by atoms with E-state index in [-0.39, 0.29) is 10.6 Å². The topological polar surface area (TPSA) is 68.3 Å². The number of pyridine rings is 1. The lowest BCUT2D eigenvalue weighted by atomic mass is 10.1. The Labute approximate surface area is 108 Å². The summed E-state index contributed by atoms with van der Waals surface area (Å²) in [5, 5.41) is 3.26. The van der Waals surface area contributed by atoms with Crippen molar-refractivity contribution in [1.29, 1.82) is 0 Å². The molecule has 0 saturated heterocycles. The van der Waals surface area contributed by atoms with Crippen molar-refractivity contribution in [3.8, 4) is 0 Å². The Morgan fingerprint density at radius 2 is 2.06 bits per heavy atom. The van der Waals surface area contributed by atoms with Crippen LogP contribution in [0.1, 0.15) is 20.3 Å². The second-order valence-corrected chi connectivity index (χ2v) is 6.76. The summed E-state index contributed by atoms with van der Waals surface area (Å²) in [5.74, 6) is 0. The summed E-state index contributed by atoms with van der Waals surface area (Å²) < 4.78 is 27.8. The van der Waals surface area contributed by atoms with Crippen LogP contribution >= 0.6 is 0 Å². The standard InChI is InChI=1S/C12H20N2O3S/c1-12(2,17-3)7-8-13-10-5-6-11(14-9-10)18(4,15)16/h5-6,9,13H,7-8H2,1-4H3. The van der Waals surface area contributed by atoms with Gasteiger partial charge in [-0.2, -0.15) is 0 Å². The Morgan fingerprint density at radius 1 is 1.39 bits per heavy atom. The molecule has 0 bridgehead atoms. The number of methoxy groups -OCH3 is 1. The lowest BCUT2D eigenvalue weighted by molar-refractivity contribution is 0.0185. The van der Waals surface area contributed by atoms with Crippen LogP contribution in [0.25, 0.3) is 0 Å². The Balaban J connectivity index is 2.55. The van der Waals surface area contributed by atoms with Crippen molar-refractivity contribution >= 4 is 15.5 Å². The molecule has 18 heavy (non-hydrogen) atoms. The molecule has 1 N–H and O–H groups in total. The van der Waals surface area contributed by atoms with Crippen LogP contribution in [0.5, 0.6) is 0 Å². The normalized spacial score (nSPS) is 12.4. The van der Waals surface area contributed by atoms with Gasteiger partial charge < -0.3 is 10.1 Å². The highest BCUT2D eigenvalue weighted by molar-refractivity contribution is 7.90. The molecule has 1 aromatic heterocycles. The zero-order valence-corrected chi connectivity index (χ0v) is 12.0. The summed E-state index contributed by atoms with van der Waals surface area (Å²) in [6.07, 6.45) is 3.51. The lowest BCUT2D eigenvalue weighted by Crippen LogP contribution is -2.25. The Bertz CT molecular complexity index is 481. The van der Waals surface area contributed by atoms with Crippen LogP contribution in [0.15, 0.2) is 23.4 Å². The van der Waals surface area contributed by atoms with E-state index < -0.39 is 9.84 Å². The third-order valence-corrected chi connectivity index (χ3v) is 3.73. The van der Waals surface area contributed by atoms with Crippen molar-refractivity contribution in [3.05, 3.63) is 18.3 Å². The van der Waals surface area contributed by atoms with Gasteiger partial charge in [-0.05, 0) is 32.4 Å². The Morgan fingerprint density at radius 3 is 2.50 bits per heavy atom. The fraction of sp³-hybridized carbons (Fsp3) is 0.583. The van der Waals surface area contributed by atoms with Crippen molar-refractivity contribution in [2.75, 3.05) is 25.2 Å². The highest BCUT2D eigenvalue weighted by atomic mass is 32.2. The zero-order chi connectivity index (χ0) is 13.8. The number of sulfone groups is 1. The largest absolute Gasteiger partial charge is 0.384 e. The number of nitrogens with zero attached hydrogens (tertiary/aromatic N) is 1. The van der Waals surface area contributed by atoms with Gasteiger partial charge in [0.1, 0.15) is 0 Å². The number of hydrogen-bond acceptors (Lipinski definition) is 5. The summed E-state index contributed by atoms with van der Waals surface area (Å²) in [4.78, 5) is 3.90. The monoisotopic (exact) mass is 272 g/mol. The average Bonchev–Trinajstić information content (AvgIpc) is 2.28. The van der Waals surface area contributed by atoms with Crippen molar-refractivity contribution in [3.63, 3.8) is 0 Å². The molecule has 0 aliphatic carbocycles. The van der Waals surface area contributed by atoms with Gasteiger partial charge in [-0.25, -0.2) is 13.4 Å². The fourth-order valence-electron chi connectivity index (χ4n) is 1.31. The van der Waals surface area contributed by atoms with Gasteiger partial charge in [-0.15, -0.1) is 0 Å². The van der Waals surface area contributed by atoms with E-state index in [0.29, 0.717) is 0 Å². The first kappa shape index (κ1) is 14.9. The van der Waals surface area contributed by atoms with Crippen LogP contribution < -0.4 is 5.32 Å². The van der Waals surface area contributed by atoms with Gasteiger partial charge in [0.05, 0.1) is 17.5 Å². The molecule has 102 valence electrons. The van der Waals surface area contributed by atoms with Crippen molar-refractivity contribution in [2.24, 2.45) is 0 Å². The van der Waals surface area contributed by atoms with E-state index in [0.717, 1.165) is 24.9 Å². The van der Waals surface area contributed by atoms with Crippen LogP contribution in [0, 0.1) is 0 Å². The number of nitrogens with one attached hydrogen (secondary N) is 1. The predicted octanol–water partition coefficient (Wildman–Crippen LogP) is 1.71. The van der Waals surface area contributed by atoms with Gasteiger partial charge in [0, 0.05) is 19.9 Å². The van der Waals surface area contributed by atoms with Crippen LogP contribution in [0.3, 0.4) is 0 Å². The first-order valence-electron chi connectivity index (χ1n) is 5.70. The molecule has 0 spiro atoms. The Kier molecular flexibility index (Phi) is 4.70. The number of anilines is 1. The molecule has 0 aliphatic heterocycles. The minimum atomic E-state index is -3.23. The summed E-state index contributed by atoms with van der Waals surface area (Å²) in [6, 6.07) is 3.21. The van der Waals surface area contributed by atoms with Crippen LogP contribution in [-0.4, -0.2) is 38.9 Å². The van der Waals surface area contributed by atoms with Crippen LogP contribution in [0.2, 0.25) is 0 Å². The van der Waals surface area contributed by atoms with E-state index in [4.69, 9.17) is 4.74 Å². The van der Waals surface area contributed by atoms with Gasteiger partial charge in [0.15, 0.2) is 14.9 Å². The first-order chi connectivity index (χ1) is 8.24. The number of hydrogen-bond donors (Lipinski definition) is 1. The number of rotatable bonds is 6. The SMILES string of the molecule is COC(C)(C)CCNc1ccc(S(C)(=O)=O)nc1. The highest BCUT2D eigenvalue weighted by Gasteiger charge is 2.15. The maximum atomic E-state index is 11.2. The lowest BCUT2D eigenvalue weighted by Gasteiger charge is -2.22. The first-order valence-corrected chi connectivity index (χ1v) is 7.59. The smallest absolute Gasteiger partial charge is 0.192 e. The van der Waals surface area contributed by atoms with Gasteiger partial charge >= 0.3 is 0 Å². The molecular weight excluding hydrogens is 252 g/mol. The summed E-state index contributed by atoms with van der Waals surface area (Å²) in [7, 11) is -1.54. The van der Waals surface area contributed by atoms with Gasteiger partial charge in [0.25, 0.3) is 0 Å². The van der Waals surface area contributed by atoms with E-state index >= 15 is 0 Å². The zero-order valence-electron chi connectivity index (χ0n) is 11.2. The van der Waals surface area contributed by atoms with Crippen molar-refractivity contribution in [1.82, 2.24) is 4.98 Å². The molecule has 6 heteroatoms. The maximum Gasteiger partial charge on any atom is 0.192 e. The molecule has 1 aromatic rings. The van der Waals surface area contributed by atoms with E-state index in [9.17, 15) is 8.42 Å². The van der Waals surface area contributed by atoms with Crippen molar-refractivity contribution in [2.45, 2.75) is 30.9 Å². The van der Waals surface area contributed by atoms with E-state index in [1.807, 2.05) is 13.8 Å². The molecule has 0 amide bonds. The number of aromatic nitrogens is 1. The molecule has 0 unspecified atom stereocenters. The maximum absolute atomic E-state index is 11.2. The van der Waals surface area contributed by atoms with Gasteiger partial charge in [-0.1, -0.05) is 0 Å². The van der Waals surface area contributed by atoms with Crippen LogP contribution in [-0.2, 0) is 14.6 Å². The molecule has 0 saturated carbocycles. The van der Waals surface area contributed by atoms with Crippen molar-refractivity contribution < 1.29 is 13.2 Å². The molecule has 1 rings (SSSR count). The van der Waals surface area contributed by atoms with Gasteiger partial charge in [0.2, 0.25) is 0 Å². The average molecular weight is 272 g/mol. The van der Waals surface area contributed by atoms with E-state index in [1.165, 1.54) is 12.3 Å². The number of ether oxygens (including phenoxy) is 1. The molecule has 0 aliphatic rings. The third-order valence-electron chi connectivity index (χ3n) is 2.73. The van der Waals surface area contributed by atoms with E-state index in [1.54, 1.807) is 13.2 Å². The molecule has 0 atom stereocenters. The second kappa shape index (κ2) is 5.67. The Hall–Kier alpha value is -1.14. The quantitative estimate of drug-likeness (QED) is 0.854. The summed E-state index contributed by atoms with van der Waals surface area (Å²) in [6.45, 7) is 4.76. The predicted molar refractivity (Wildman–Crippen MR) is 71.5 cm³/mol. The minimum Gasteiger partial charge on any atom is -0.384 e. The molecule has 1 heterocycles.